The Bertz CT molecular complexity index is 285. The predicted molar refractivity (Wildman–Crippen MR) is 48.2 cm³/mol. The summed E-state index contributed by atoms with van der Waals surface area (Å²) in [6.07, 6.45) is 0.282. The van der Waals surface area contributed by atoms with E-state index in [1.54, 1.807) is 0 Å². The van der Waals surface area contributed by atoms with E-state index in [1.165, 1.54) is 0 Å². The number of hydrogen-bond acceptors (Lipinski definition) is 2. The van der Waals surface area contributed by atoms with Crippen LogP contribution in [0.3, 0.4) is 0 Å². The minimum absolute atomic E-state index is 0.282. The van der Waals surface area contributed by atoms with Crippen LogP contribution in [0.25, 0.3) is 0 Å². The van der Waals surface area contributed by atoms with Crippen LogP contribution in [0.1, 0.15) is 6.92 Å². The van der Waals surface area contributed by atoms with Crippen LogP contribution in [0.2, 0.25) is 5.02 Å². The molecule has 58 valence electrons. The highest BCUT2D eigenvalue weighted by Gasteiger charge is 2.16. The number of benzene rings is 1. The molecule has 0 saturated carbocycles. The van der Waals surface area contributed by atoms with E-state index in [9.17, 15) is 0 Å². The van der Waals surface area contributed by atoms with Crippen LogP contribution in [0, 0.1) is 0 Å². The van der Waals surface area contributed by atoms with Crippen molar-refractivity contribution in [3.63, 3.8) is 0 Å². The third-order valence-electron chi connectivity index (χ3n) is 1.75. The van der Waals surface area contributed by atoms with Crippen LogP contribution in [0.4, 0.5) is 11.4 Å². The predicted octanol–water partition coefficient (Wildman–Crippen LogP) is 2.52. The van der Waals surface area contributed by atoms with Gasteiger partial charge in [0.05, 0.1) is 22.6 Å². The summed E-state index contributed by atoms with van der Waals surface area (Å²) in [5, 5.41) is 7.24. The van der Waals surface area contributed by atoms with Gasteiger partial charge in [0.2, 0.25) is 0 Å². The van der Waals surface area contributed by atoms with Gasteiger partial charge in [0.1, 0.15) is 0 Å². The highest BCUT2D eigenvalue weighted by molar-refractivity contribution is 6.34. The lowest BCUT2D eigenvalue weighted by atomic mass is 10.3. The Morgan fingerprint density at radius 2 is 2.18 bits per heavy atom. The third kappa shape index (κ3) is 1.03. The quantitative estimate of drug-likeness (QED) is 0.622. The summed E-state index contributed by atoms with van der Waals surface area (Å²) in [6.45, 7) is 2.05. The van der Waals surface area contributed by atoms with Crippen molar-refractivity contribution < 1.29 is 0 Å². The number of hydrogen-bond donors (Lipinski definition) is 2. The summed E-state index contributed by atoms with van der Waals surface area (Å²) >= 11 is 5.93. The molecule has 3 heteroatoms. The Balaban J connectivity index is 2.49. The van der Waals surface area contributed by atoms with Crippen molar-refractivity contribution in [1.82, 2.24) is 0 Å². The van der Waals surface area contributed by atoms with Gasteiger partial charge in [-0.05, 0) is 19.1 Å². The number of fused-ring (bicyclic) bond motifs is 1. The molecule has 0 aliphatic carbocycles. The van der Waals surface area contributed by atoms with Gasteiger partial charge in [-0.2, -0.15) is 0 Å². The second-order valence-corrected chi connectivity index (χ2v) is 3.08. The van der Waals surface area contributed by atoms with Crippen molar-refractivity contribution in [3.05, 3.63) is 23.2 Å². The Hall–Kier alpha value is -0.890. The van der Waals surface area contributed by atoms with E-state index in [4.69, 9.17) is 11.6 Å². The molecule has 0 fully saturated rings. The van der Waals surface area contributed by atoms with Crippen LogP contribution < -0.4 is 10.6 Å². The molecule has 11 heavy (non-hydrogen) atoms. The SMILES string of the molecule is CC1Nc2cccc(Cl)c2N1. The number of para-hydroxylation sites is 1. The zero-order valence-electron chi connectivity index (χ0n) is 6.19. The molecular weight excluding hydrogens is 160 g/mol. The first-order chi connectivity index (χ1) is 5.27. The molecule has 1 aliphatic rings. The fourth-order valence-corrected chi connectivity index (χ4v) is 1.51. The van der Waals surface area contributed by atoms with Crippen LogP contribution in [0.15, 0.2) is 18.2 Å². The minimum atomic E-state index is 0.282. The van der Waals surface area contributed by atoms with Gasteiger partial charge in [0.25, 0.3) is 0 Å². The molecule has 1 unspecified atom stereocenters. The van der Waals surface area contributed by atoms with Crippen molar-refractivity contribution in [2.45, 2.75) is 13.1 Å². The molecule has 2 nitrogen and oxygen atoms in total. The van der Waals surface area contributed by atoms with Crippen LogP contribution in [-0.4, -0.2) is 6.17 Å². The second-order valence-electron chi connectivity index (χ2n) is 2.67. The van der Waals surface area contributed by atoms with Gasteiger partial charge in [0, 0.05) is 0 Å². The topological polar surface area (TPSA) is 24.1 Å². The van der Waals surface area contributed by atoms with E-state index >= 15 is 0 Å². The van der Waals surface area contributed by atoms with Gasteiger partial charge in [-0.15, -0.1) is 0 Å². The number of rotatable bonds is 0. The van der Waals surface area contributed by atoms with E-state index in [-0.39, 0.29) is 6.17 Å². The minimum Gasteiger partial charge on any atom is -0.364 e. The van der Waals surface area contributed by atoms with Gasteiger partial charge in [0.15, 0.2) is 0 Å². The summed E-state index contributed by atoms with van der Waals surface area (Å²) in [5.41, 5.74) is 2.10. The summed E-state index contributed by atoms with van der Waals surface area (Å²) < 4.78 is 0. The zero-order valence-corrected chi connectivity index (χ0v) is 6.94. The molecule has 2 N–H and O–H groups in total. The average molecular weight is 169 g/mol. The zero-order chi connectivity index (χ0) is 7.84. The normalized spacial score (nSPS) is 20.4. The molecular formula is C8H9ClN2. The summed E-state index contributed by atoms with van der Waals surface area (Å²) in [7, 11) is 0. The summed E-state index contributed by atoms with van der Waals surface area (Å²) in [6, 6.07) is 5.83. The first-order valence-electron chi connectivity index (χ1n) is 3.59. The van der Waals surface area contributed by atoms with Crippen LogP contribution in [-0.2, 0) is 0 Å². The maximum Gasteiger partial charge on any atom is 0.0936 e. The Morgan fingerprint density at radius 3 is 2.91 bits per heavy atom. The van der Waals surface area contributed by atoms with Crippen LogP contribution >= 0.6 is 11.6 Å². The number of nitrogens with one attached hydrogen (secondary N) is 2. The molecule has 0 spiro atoms. The Kier molecular flexibility index (Phi) is 1.43. The molecule has 1 aromatic rings. The van der Waals surface area contributed by atoms with Gasteiger partial charge >= 0.3 is 0 Å². The van der Waals surface area contributed by atoms with E-state index in [1.807, 2.05) is 18.2 Å². The Labute approximate surface area is 70.6 Å². The molecule has 0 radical (unpaired) electrons. The van der Waals surface area contributed by atoms with Crippen molar-refractivity contribution in [2.75, 3.05) is 10.6 Å². The monoisotopic (exact) mass is 168 g/mol. The molecule has 1 heterocycles. The first kappa shape index (κ1) is 6.80. The van der Waals surface area contributed by atoms with Gasteiger partial charge in [-0.25, -0.2) is 0 Å². The standard InChI is InChI=1S/C8H9ClN2/c1-5-10-7-4-2-3-6(9)8(7)11-5/h2-5,10-11H,1H3. The molecule has 1 aliphatic heterocycles. The van der Waals surface area contributed by atoms with E-state index in [0.29, 0.717) is 0 Å². The van der Waals surface area contributed by atoms with E-state index < -0.39 is 0 Å². The smallest absolute Gasteiger partial charge is 0.0936 e. The first-order valence-corrected chi connectivity index (χ1v) is 3.97. The van der Waals surface area contributed by atoms with Crippen LogP contribution in [0.5, 0.6) is 0 Å². The molecule has 0 aromatic heterocycles. The van der Waals surface area contributed by atoms with Gasteiger partial charge in [-0.1, -0.05) is 17.7 Å². The van der Waals surface area contributed by atoms with E-state index in [0.717, 1.165) is 16.4 Å². The number of anilines is 2. The maximum atomic E-state index is 5.93. The number of halogens is 1. The maximum absolute atomic E-state index is 5.93. The van der Waals surface area contributed by atoms with Crippen molar-refractivity contribution >= 4 is 23.0 Å². The molecule has 1 atom stereocenters. The Morgan fingerprint density at radius 1 is 1.36 bits per heavy atom. The average Bonchev–Trinajstić information content (AvgIpc) is 2.31. The molecule has 1 aromatic carbocycles. The third-order valence-corrected chi connectivity index (χ3v) is 2.06. The fourth-order valence-electron chi connectivity index (χ4n) is 1.28. The molecule has 0 saturated heterocycles. The lowest BCUT2D eigenvalue weighted by molar-refractivity contribution is 0.956. The highest BCUT2D eigenvalue weighted by Crippen LogP contribution is 2.34. The molecule has 0 amide bonds. The lowest BCUT2D eigenvalue weighted by Gasteiger charge is -2.02. The van der Waals surface area contributed by atoms with E-state index in [2.05, 4.69) is 17.6 Å². The second kappa shape index (κ2) is 2.31. The lowest BCUT2D eigenvalue weighted by Crippen LogP contribution is -2.16. The van der Waals surface area contributed by atoms with Crippen molar-refractivity contribution in [2.24, 2.45) is 0 Å². The molecule has 0 bridgehead atoms. The summed E-state index contributed by atoms with van der Waals surface area (Å²) in [4.78, 5) is 0. The van der Waals surface area contributed by atoms with Gasteiger partial charge in [-0.3, -0.25) is 0 Å². The molecule has 2 rings (SSSR count). The van der Waals surface area contributed by atoms with Crippen molar-refractivity contribution in [1.29, 1.82) is 0 Å². The van der Waals surface area contributed by atoms with Crippen molar-refractivity contribution in [3.8, 4) is 0 Å². The fraction of sp³-hybridized carbons (Fsp3) is 0.250. The largest absolute Gasteiger partial charge is 0.364 e. The highest BCUT2D eigenvalue weighted by atomic mass is 35.5. The summed E-state index contributed by atoms with van der Waals surface area (Å²) in [5.74, 6) is 0. The van der Waals surface area contributed by atoms with Gasteiger partial charge < -0.3 is 10.6 Å².